The predicted molar refractivity (Wildman–Crippen MR) is 196 cm³/mol. The molecule has 4 aliphatic rings. The summed E-state index contributed by atoms with van der Waals surface area (Å²) in [6, 6.07) is 17.1. The number of carboxylic acids is 1. The number of amides is 3. The molecule has 0 spiro atoms. The van der Waals surface area contributed by atoms with E-state index in [9.17, 15) is 36.0 Å². The Hall–Kier alpha value is -5.23. The van der Waals surface area contributed by atoms with Crippen LogP contribution in [0.1, 0.15) is 51.4 Å². The van der Waals surface area contributed by atoms with E-state index in [1.54, 1.807) is 7.11 Å². The van der Waals surface area contributed by atoms with Crippen molar-refractivity contribution in [3.05, 3.63) is 66.7 Å². The summed E-state index contributed by atoms with van der Waals surface area (Å²) in [5.74, 6) is 1.07. The first-order valence-corrected chi connectivity index (χ1v) is 19.7. The number of carbonyl (C=O) groups is 4. The second-order valence-corrected chi connectivity index (χ2v) is 16.3. The van der Waals surface area contributed by atoms with Crippen molar-refractivity contribution in [2.24, 2.45) is 23.6 Å². The Balaban J connectivity index is 0.000000695. The molecule has 3 saturated carbocycles. The van der Waals surface area contributed by atoms with E-state index < -0.39 is 62.7 Å². The van der Waals surface area contributed by atoms with E-state index in [1.165, 1.54) is 5.01 Å². The Kier molecular flexibility index (Phi) is 11.6. The van der Waals surface area contributed by atoms with Crippen molar-refractivity contribution in [1.29, 1.82) is 0 Å². The van der Waals surface area contributed by atoms with Crippen molar-refractivity contribution in [1.82, 2.24) is 20.0 Å². The number of allylic oxidation sites excluding steroid dienone is 1. The van der Waals surface area contributed by atoms with Crippen LogP contribution in [-0.4, -0.2) is 83.9 Å². The monoisotopic (exact) mass is 801 g/mol. The molecule has 18 heteroatoms. The van der Waals surface area contributed by atoms with E-state index in [1.807, 2.05) is 66.7 Å². The molecule has 3 aromatic rings. The maximum absolute atomic E-state index is 14.1. The summed E-state index contributed by atoms with van der Waals surface area (Å²) in [6.45, 7) is 0.342. The molecular weight excluding hydrogens is 760 g/mol. The van der Waals surface area contributed by atoms with E-state index in [2.05, 4.69) is 10.0 Å². The van der Waals surface area contributed by atoms with Crippen molar-refractivity contribution >= 4 is 44.6 Å². The van der Waals surface area contributed by atoms with Gasteiger partial charge in [-0.1, -0.05) is 42.5 Å². The minimum absolute atomic E-state index is 0.190. The summed E-state index contributed by atoms with van der Waals surface area (Å²) in [6.07, 6.45) is 2.02. The SMILES string of the molecule is COc1ccc2c(OC3CC4C(=O)NC5(C(=O)NS(=O)(=O)C6CC6)CC5/C=C/CCCCN(N)C(=O)C4C3)cc(-c3ccccc3)nc2c1.O=C(O)C(F)(F)F. The van der Waals surface area contributed by atoms with Crippen LogP contribution in [0.2, 0.25) is 0 Å². The summed E-state index contributed by atoms with van der Waals surface area (Å²) < 4.78 is 71.5. The van der Waals surface area contributed by atoms with E-state index in [0.717, 1.165) is 17.4 Å². The number of hydrogen-bond acceptors (Lipinski definition) is 10. The first-order valence-electron chi connectivity index (χ1n) is 18.1. The highest BCUT2D eigenvalue weighted by Crippen LogP contribution is 2.47. The van der Waals surface area contributed by atoms with Crippen molar-refractivity contribution in [2.45, 2.75) is 74.4 Å². The van der Waals surface area contributed by atoms with E-state index >= 15 is 0 Å². The summed E-state index contributed by atoms with van der Waals surface area (Å²) in [7, 11) is -2.24. The molecule has 0 saturated heterocycles. The van der Waals surface area contributed by atoms with Crippen LogP contribution in [0, 0.1) is 17.8 Å². The van der Waals surface area contributed by atoms with Gasteiger partial charge in [-0.05, 0) is 63.5 Å². The van der Waals surface area contributed by atoms with Gasteiger partial charge in [0.15, 0.2) is 0 Å². The summed E-state index contributed by atoms with van der Waals surface area (Å²) >= 11 is 0. The zero-order valence-electron chi connectivity index (χ0n) is 30.3. The highest BCUT2D eigenvalue weighted by molar-refractivity contribution is 7.91. The van der Waals surface area contributed by atoms with E-state index in [4.69, 9.17) is 30.2 Å². The summed E-state index contributed by atoms with van der Waals surface area (Å²) in [5.41, 5.74) is 0.831. The zero-order valence-corrected chi connectivity index (χ0v) is 31.1. The van der Waals surface area contributed by atoms with Crippen LogP contribution in [-0.2, 0) is 29.2 Å². The number of benzene rings is 2. The van der Waals surface area contributed by atoms with Gasteiger partial charge in [0.25, 0.3) is 5.91 Å². The lowest BCUT2D eigenvalue weighted by Crippen LogP contribution is -2.54. The number of halogens is 3. The van der Waals surface area contributed by atoms with Crippen LogP contribution in [0.25, 0.3) is 22.2 Å². The molecule has 56 heavy (non-hydrogen) atoms. The lowest BCUT2D eigenvalue weighted by molar-refractivity contribution is -0.192. The number of aliphatic carboxylic acids is 1. The molecule has 5 atom stereocenters. The molecule has 300 valence electrons. The molecule has 0 radical (unpaired) electrons. The fraction of sp³-hybridized carbons (Fsp3) is 0.447. The van der Waals surface area contributed by atoms with Crippen LogP contribution < -0.4 is 25.4 Å². The minimum Gasteiger partial charge on any atom is -0.497 e. The quantitative estimate of drug-likeness (QED) is 0.151. The number of carbonyl (C=O) groups excluding carboxylic acids is 3. The standard InChI is InChI=1S/C36H41N5O7S.C2HF3O2/c1-47-24-12-15-27-31(19-24)38-30(22-9-5-4-6-10-22)20-32(27)48-25-17-28-29(18-25)34(43)41(37)16-8-3-2-7-11-23-21-36(23,39-33(28)42)35(44)40-49(45,46)26-13-14-26;3-2(4,5)1(6)7/h4-7,9-12,15,19-20,23,25-26,28-29H,2-3,8,13-14,16-18,21,37H2,1H3,(H,39,42)(H,40,44);(H,6,7)/b11-7+;. The van der Waals surface area contributed by atoms with Gasteiger partial charge in [-0.15, -0.1) is 0 Å². The van der Waals surface area contributed by atoms with Gasteiger partial charge in [-0.25, -0.2) is 24.0 Å². The van der Waals surface area contributed by atoms with Crippen LogP contribution in [0.4, 0.5) is 13.2 Å². The molecule has 3 amide bonds. The predicted octanol–water partition coefficient (Wildman–Crippen LogP) is 4.24. The van der Waals surface area contributed by atoms with E-state index in [0.29, 0.717) is 54.9 Å². The smallest absolute Gasteiger partial charge is 0.490 e. The van der Waals surface area contributed by atoms with Gasteiger partial charge < -0.3 is 19.9 Å². The number of nitrogens with two attached hydrogens (primary N) is 1. The number of pyridine rings is 1. The lowest BCUT2D eigenvalue weighted by Gasteiger charge is -2.26. The molecule has 3 fully saturated rings. The van der Waals surface area contributed by atoms with E-state index in [-0.39, 0.29) is 31.1 Å². The molecule has 2 aromatic carbocycles. The van der Waals surface area contributed by atoms with Gasteiger partial charge in [0, 0.05) is 35.5 Å². The maximum Gasteiger partial charge on any atom is 0.490 e. The number of hydrazine groups is 1. The van der Waals surface area contributed by atoms with Gasteiger partial charge in [0.1, 0.15) is 23.1 Å². The van der Waals surface area contributed by atoms with Gasteiger partial charge >= 0.3 is 12.1 Å². The fourth-order valence-electron chi connectivity index (χ4n) is 7.09. The third kappa shape index (κ3) is 9.07. The van der Waals surface area contributed by atoms with Gasteiger partial charge in [0.2, 0.25) is 21.8 Å². The zero-order chi connectivity index (χ0) is 40.4. The van der Waals surface area contributed by atoms with Gasteiger partial charge in [0.05, 0.1) is 35.4 Å². The molecule has 3 aliphatic carbocycles. The number of aromatic nitrogens is 1. The Morgan fingerprint density at radius 2 is 1.75 bits per heavy atom. The summed E-state index contributed by atoms with van der Waals surface area (Å²) in [4.78, 5) is 55.3. The number of carboxylic acid groups (broad SMARTS) is 1. The molecule has 14 nitrogen and oxygen atoms in total. The van der Waals surface area contributed by atoms with Gasteiger partial charge in [-0.3, -0.25) is 24.1 Å². The normalized spacial score (nSPS) is 26.0. The molecule has 0 bridgehead atoms. The van der Waals surface area contributed by atoms with Crippen molar-refractivity contribution in [2.75, 3.05) is 13.7 Å². The van der Waals surface area contributed by atoms with Crippen LogP contribution in [0.5, 0.6) is 11.5 Å². The second kappa shape index (κ2) is 16.1. The Morgan fingerprint density at radius 3 is 2.41 bits per heavy atom. The summed E-state index contributed by atoms with van der Waals surface area (Å²) in [5, 5.41) is 11.4. The molecule has 5 N–H and O–H groups in total. The van der Waals surface area contributed by atoms with Crippen molar-refractivity contribution < 1.29 is 55.3 Å². The van der Waals surface area contributed by atoms with Crippen molar-refractivity contribution in [3.8, 4) is 22.8 Å². The molecule has 5 unspecified atom stereocenters. The van der Waals surface area contributed by atoms with Crippen molar-refractivity contribution in [3.63, 3.8) is 0 Å². The molecule has 2 heterocycles. The number of methoxy groups -OCH3 is 1. The highest BCUT2D eigenvalue weighted by Gasteiger charge is 2.62. The maximum atomic E-state index is 14.1. The number of ether oxygens (including phenoxy) is 2. The van der Waals surface area contributed by atoms with Gasteiger partial charge in [-0.2, -0.15) is 13.2 Å². The molecule has 1 aliphatic heterocycles. The lowest BCUT2D eigenvalue weighted by atomic mass is 9.93. The third-order valence-corrected chi connectivity index (χ3v) is 12.2. The second-order valence-electron chi connectivity index (χ2n) is 14.4. The average molecular weight is 802 g/mol. The number of nitrogens with one attached hydrogen (secondary N) is 2. The Bertz CT molecular complexity index is 2130. The van der Waals surface area contributed by atoms with Crippen LogP contribution in [0.15, 0.2) is 66.7 Å². The first kappa shape index (κ1) is 40.4. The number of fused-ring (bicyclic) bond motifs is 3. The molecule has 1 aromatic heterocycles. The fourth-order valence-corrected chi connectivity index (χ4v) is 8.46. The first-order chi connectivity index (χ1) is 26.5. The van der Waals surface area contributed by atoms with Crippen LogP contribution >= 0.6 is 0 Å². The molecular formula is C38H42F3N5O9S. The average Bonchev–Trinajstić information content (AvgIpc) is 4.09. The minimum atomic E-state index is -5.08. The number of nitrogens with zero attached hydrogens (tertiary/aromatic N) is 2. The number of rotatable bonds is 7. The number of sulfonamides is 1. The molecule has 7 rings (SSSR count). The largest absolute Gasteiger partial charge is 0.497 e. The number of alkyl halides is 3. The highest BCUT2D eigenvalue weighted by atomic mass is 32.2. The topological polar surface area (TPSA) is 207 Å². The Morgan fingerprint density at radius 1 is 1.05 bits per heavy atom. The number of hydrogen-bond donors (Lipinski definition) is 4. The Labute approximate surface area is 320 Å². The van der Waals surface area contributed by atoms with Crippen LogP contribution in [0.3, 0.4) is 0 Å². The third-order valence-electron chi connectivity index (χ3n) is 10.4.